The molecule has 1 aromatic carbocycles. The Hall–Kier alpha value is -1.46. The van der Waals surface area contributed by atoms with Crippen LogP contribution in [0.1, 0.15) is 18.6 Å². The number of halogens is 1. The number of aliphatic carboxylic acids is 1. The van der Waals surface area contributed by atoms with E-state index in [0.29, 0.717) is 19.7 Å². The Labute approximate surface area is 105 Å². The lowest BCUT2D eigenvalue weighted by Crippen LogP contribution is -2.46. The highest BCUT2D eigenvalue weighted by Gasteiger charge is 2.28. The van der Waals surface area contributed by atoms with Gasteiger partial charge in [0.15, 0.2) is 0 Å². The first-order chi connectivity index (χ1) is 8.58. The number of hydrogen-bond donors (Lipinski definition) is 1. The van der Waals surface area contributed by atoms with Crippen LogP contribution >= 0.6 is 0 Å². The number of rotatable bonds is 3. The lowest BCUT2D eigenvalue weighted by Gasteiger charge is -2.35. The summed E-state index contributed by atoms with van der Waals surface area (Å²) in [4.78, 5) is 12.8. The van der Waals surface area contributed by atoms with Gasteiger partial charge in [-0.05, 0) is 24.6 Å². The summed E-state index contributed by atoms with van der Waals surface area (Å²) in [7, 11) is 0. The van der Waals surface area contributed by atoms with E-state index in [1.54, 1.807) is 19.1 Å². The van der Waals surface area contributed by atoms with Crippen molar-refractivity contribution in [2.45, 2.75) is 19.1 Å². The summed E-state index contributed by atoms with van der Waals surface area (Å²) in [6.45, 7) is 3.16. The number of hydrogen-bond acceptors (Lipinski definition) is 3. The van der Waals surface area contributed by atoms with Gasteiger partial charge in [0, 0.05) is 13.1 Å². The number of morpholine rings is 1. The molecular weight excluding hydrogens is 237 g/mol. The molecule has 0 bridgehead atoms. The van der Waals surface area contributed by atoms with E-state index in [0.717, 1.165) is 5.56 Å². The van der Waals surface area contributed by atoms with E-state index in [1.807, 2.05) is 4.90 Å². The van der Waals surface area contributed by atoms with Crippen LogP contribution in [-0.2, 0) is 9.53 Å². The van der Waals surface area contributed by atoms with Crippen LogP contribution in [-0.4, -0.2) is 41.7 Å². The Morgan fingerprint density at radius 1 is 1.61 bits per heavy atom. The van der Waals surface area contributed by atoms with E-state index in [2.05, 4.69) is 0 Å². The normalized spacial score (nSPS) is 22.7. The van der Waals surface area contributed by atoms with Crippen LogP contribution < -0.4 is 0 Å². The first-order valence-electron chi connectivity index (χ1n) is 5.92. The third-order valence-electron chi connectivity index (χ3n) is 3.22. The molecule has 1 heterocycles. The zero-order valence-corrected chi connectivity index (χ0v) is 10.2. The zero-order valence-electron chi connectivity index (χ0n) is 10.2. The maximum absolute atomic E-state index is 13.1. The molecule has 98 valence electrons. The first kappa shape index (κ1) is 13.0. The van der Waals surface area contributed by atoms with Crippen LogP contribution in [0.15, 0.2) is 24.3 Å². The van der Waals surface area contributed by atoms with Crippen molar-refractivity contribution in [1.29, 1.82) is 0 Å². The minimum atomic E-state index is -0.852. The summed E-state index contributed by atoms with van der Waals surface area (Å²) in [6, 6.07) is 5.68. The molecule has 0 aliphatic carbocycles. The smallest absolute Gasteiger partial charge is 0.320 e. The van der Waals surface area contributed by atoms with E-state index in [1.165, 1.54) is 12.1 Å². The van der Waals surface area contributed by atoms with Crippen molar-refractivity contribution < 1.29 is 19.0 Å². The average Bonchev–Trinajstić information content (AvgIpc) is 2.38. The van der Waals surface area contributed by atoms with Gasteiger partial charge >= 0.3 is 5.97 Å². The van der Waals surface area contributed by atoms with Crippen LogP contribution in [0.25, 0.3) is 0 Å². The monoisotopic (exact) mass is 253 g/mol. The van der Waals surface area contributed by atoms with Gasteiger partial charge in [-0.1, -0.05) is 12.1 Å². The van der Waals surface area contributed by atoms with Gasteiger partial charge in [-0.3, -0.25) is 9.69 Å². The quantitative estimate of drug-likeness (QED) is 0.890. The molecule has 0 spiro atoms. The number of carboxylic acid groups (broad SMARTS) is 1. The van der Waals surface area contributed by atoms with Crippen LogP contribution in [0.3, 0.4) is 0 Å². The summed E-state index contributed by atoms with van der Waals surface area (Å²) >= 11 is 0. The van der Waals surface area contributed by atoms with Crippen molar-refractivity contribution in [3.05, 3.63) is 35.6 Å². The number of nitrogens with zero attached hydrogens (tertiary/aromatic N) is 1. The fourth-order valence-corrected chi connectivity index (χ4v) is 2.09. The second-order valence-corrected chi connectivity index (χ2v) is 4.42. The van der Waals surface area contributed by atoms with Crippen LogP contribution in [0.5, 0.6) is 0 Å². The van der Waals surface area contributed by atoms with Gasteiger partial charge in [0.05, 0.1) is 12.7 Å². The topological polar surface area (TPSA) is 49.8 Å². The molecule has 1 fully saturated rings. The predicted molar refractivity (Wildman–Crippen MR) is 63.8 cm³/mol. The molecule has 2 rings (SSSR count). The third-order valence-corrected chi connectivity index (χ3v) is 3.22. The van der Waals surface area contributed by atoms with E-state index in [4.69, 9.17) is 9.84 Å². The molecule has 0 unspecified atom stereocenters. The summed E-state index contributed by atoms with van der Waals surface area (Å²) in [6.07, 6.45) is -0.267. The van der Waals surface area contributed by atoms with Crippen molar-refractivity contribution in [3.8, 4) is 0 Å². The standard InChI is InChI=1S/C13H16FNO3/c1-9(13(16)17)15-5-6-18-12(8-15)10-3-2-4-11(14)7-10/h2-4,7,9,12H,5-6,8H2,1H3,(H,16,17)/t9-,12+/m1/s1. The van der Waals surface area contributed by atoms with Gasteiger partial charge in [0.2, 0.25) is 0 Å². The van der Waals surface area contributed by atoms with Gasteiger partial charge in [0.1, 0.15) is 11.9 Å². The summed E-state index contributed by atoms with van der Waals surface area (Å²) in [5.74, 6) is -1.16. The number of carbonyl (C=O) groups is 1. The Bertz CT molecular complexity index is 438. The molecule has 0 radical (unpaired) electrons. The highest BCUT2D eigenvalue weighted by atomic mass is 19.1. The minimum absolute atomic E-state index is 0.267. The minimum Gasteiger partial charge on any atom is -0.480 e. The summed E-state index contributed by atoms with van der Waals surface area (Å²) in [5.41, 5.74) is 0.747. The fraction of sp³-hybridized carbons (Fsp3) is 0.462. The molecule has 5 heteroatoms. The lowest BCUT2D eigenvalue weighted by molar-refractivity contribution is -0.145. The van der Waals surface area contributed by atoms with Gasteiger partial charge in [0.25, 0.3) is 0 Å². The first-order valence-corrected chi connectivity index (χ1v) is 5.92. The zero-order chi connectivity index (χ0) is 13.1. The van der Waals surface area contributed by atoms with Crippen LogP contribution in [0.2, 0.25) is 0 Å². The van der Waals surface area contributed by atoms with Gasteiger partial charge in [-0.2, -0.15) is 0 Å². The molecule has 1 N–H and O–H groups in total. The largest absolute Gasteiger partial charge is 0.480 e. The van der Waals surface area contributed by atoms with Gasteiger partial charge in [-0.25, -0.2) is 4.39 Å². The molecule has 0 aromatic heterocycles. The molecule has 1 aliphatic rings. The van der Waals surface area contributed by atoms with E-state index < -0.39 is 12.0 Å². The molecule has 2 atom stereocenters. The maximum Gasteiger partial charge on any atom is 0.320 e. The second kappa shape index (κ2) is 5.46. The van der Waals surface area contributed by atoms with Crippen molar-refractivity contribution in [3.63, 3.8) is 0 Å². The average molecular weight is 253 g/mol. The van der Waals surface area contributed by atoms with Crippen LogP contribution in [0.4, 0.5) is 4.39 Å². The van der Waals surface area contributed by atoms with Gasteiger partial charge < -0.3 is 9.84 Å². The van der Waals surface area contributed by atoms with Crippen molar-refractivity contribution in [2.24, 2.45) is 0 Å². The number of benzene rings is 1. The van der Waals surface area contributed by atoms with Crippen molar-refractivity contribution in [2.75, 3.05) is 19.7 Å². The molecule has 1 aromatic rings. The highest BCUT2D eigenvalue weighted by molar-refractivity contribution is 5.72. The summed E-state index contributed by atoms with van der Waals surface area (Å²) < 4.78 is 18.7. The summed E-state index contributed by atoms with van der Waals surface area (Å²) in [5, 5.41) is 8.99. The Balaban J connectivity index is 2.09. The van der Waals surface area contributed by atoms with Crippen molar-refractivity contribution >= 4 is 5.97 Å². The second-order valence-electron chi connectivity index (χ2n) is 4.42. The van der Waals surface area contributed by atoms with Crippen LogP contribution in [0, 0.1) is 5.82 Å². The van der Waals surface area contributed by atoms with Crippen molar-refractivity contribution in [1.82, 2.24) is 4.90 Å². The highest BCUT2D eigenvalue weighted by Crippen LogP contribution is 2.23. The van der Waals surface area contributed by atoms with E-state index in [9.17, 15) is 9.18 Å². The Kier molecular flexibility index (Phi) is 3.93. The molecule has 4 nitrogen and oxygen atoms in total. The molecule has 0 amide bonds. The number of carboxylic acids is 1. The van der Waals surface area contributed by atoms with E-state index >= 15 is 0 Å². The molecule has 0 saturated carbocycles. The Morgan fingerprint density at radius 2 is 2.39 bits per heavy atom. The number of ether oxygens (including phenoxy) is 1. The lowest BCUT2D eigenvalue weighted by atomic mass is 10.1. The molecule has 1 aliphatic heterocycles. The molecule has 1 saturated heterocycles. The maximum atomic E-state index is 13.1. The van der Waals surface area contributed by atoms with E-state index in [-0.39, 0.29) is 11.9 Å². The molecule has 18 heavy (non-hydrogen) atoms. The fourth-order valence-electron chi connectivity index (χ4n) is 2.09. The SMILES string of the molecule is C[C@H](C(=O)O)N1CCO[C@H](c2cccc(F)c2)C1. The predicted octanol–water partition coefficient (Wildman–Crippen LogP) is 1.67. The third kappa shape index (κ3) is 2.86. The van der Waals surface area contributed by atoms with Gasteiger partial charge in [-0.15, -0.1) is 0 Å². The molecular formula is C13H16FNO3. The Morgan fingerprint density at radius 3 is 3.06 bits per heavy atom.